The van der Waals surface area contributed by atoms with Crippen LogP contribution in [0.5, 0.6) is 5.75 Å². The highest BCUT2D eigenvalue weighted by Gasteiger charge is 2.32. The summed E-state index contributed by atoms with van der Waals surface area (Å²) < 4.78 is 5.84. The molecule has 0 spiro atoms. The third-order valence-electron chi connectivity index (χ3n) is 4.57. The number of hydrogen-bond acceptors (Lipinski definition) is 4. The van der Waals surface area contributed by atoms with Crippen molar-refractivity contribution in [1.82, 2.24) is 0 Å². The lowest BCUT2D eigenvalue weighted by atomic mass is 9.92. The molecule has 6 heteroatoms. The topological polar surface area (TPSA) is 84.5 Å². The average Bonchev–Trinajstić information content (AvgIpc) is 2.60. The second-order valence-corrected chi connectivity index (χ2v) is 7.53. The zero-order chi connectivity index (χ0) is 20.5. The maximum Gasteiger partial charge on any atom is 0.255 e. The number of nitrogens with one attached hydrogen (secondary N) is 2. The Bertz CT molecular complexity index is 963. The first-order valence-electron chi connectivity index (χ1n) is 9.26. The number of anilines is 2. The fraction of sp³-hybridized carbons (Fsp3) is 0.318. The standard InChI is InChI=1S/C22H24N2O4/c1-5-14-6-8-16(23-13(2)25)11-18(14)24-21(27)15-7-9-20-17(10-15)19(26)12-22(3,4)28-20/h6-11H,5,12H2,1-4H3,(H,23,25)(H,24,27). The molecule has 2 aromatic rings. The highest BCUT2D eigenvalue weighted by atomic mass is 16.5. The molecule has 6 nitrogen and oxygen atoms in total. The molecule has 1 heterocycles. The van der Waals surface area contributed by atoms with Crippen molar-refractivity contribution in [3.8, 4) is 5.75 Å². The van der Waals surface area contributed by atoms with E-state index in [0.717, 1.165) is 12.0 Å². The van der Waals surface area contributed by atoms with Gasteiger partial charge in [0.1, 0.15) is 11.4 Å². The van der Waals surface area contributed by atoms with Crippen LogP contribution in [0.1, 0.15) is 60.4 Å². The molecule has 0 unspecified atom stereocenters. The Balaban J connectivity index is 1.87. The molecule has 2 N–H and O–H groups in total. The predicted molar refractivity (Wildman–Crippen MR) is 108 cm³/mol. The van der Waals surface area contributed by atoms with Crippen LogP contribution in [0.4, 0.5) is 11.4 Å². The number of ether oxygens (including phenoxy) is 1. The number of benzene rings is 2. The Morgan fingerprint density at radius 1 is 1.11 bits per heavy atom. The van der Waals surface area contributed by atoms with E-state index >= 15 is 0 Å². The second-order valence-electron chi connectivity index (χ2n) is 7.53. The lowest BCUT2D eigenvalue weighted by Crippen LogP contribution is -2.36. The third kappa shape index (κ3) is 4.22. The first kappa shape index (κ1) is 19.6. The van der Waals surface area contributed by atoms with Crippen molar-refractivity contribution in [1.29, 1.82) is 0 Å². The minimum atomic E-state index is -0.548. The van der Waals surface area contributed by atoms with Crippen molar-refractivity contribution in [2.24, 2.45) is 0 Å². The van der Waals surface area contributed by atoms with Gasteiger partial charge in [0.05, 0.1) is 12.0 Å². The number of aryl methyl sites for hydroxylation is 1. The van der Waals surface area contributed by atoms with E-state index < -0.39 is 5.60 Å². The average molecular weight is 380 g/mol. The van der Waals surface area contributed by atoms with Crippen molar-refractivity contribution in [2.45, 2.75) is 46.1 Å². The maximum absolute atomic E-state index is 12.8. The molecule has 0 aliphatic carbocycles. The van der Waals surface area contributed by atoms with Crippen molar-refractivity contribution in [3.05, 3.63) is 53.1 Å². The molecule has 0 radical (unpaired) electrons. The molecule has 1 aliphatic heterocycles. The van der Waals surface area contributed by atoms with E-state index in [4.69, 9.17) is 4.74 Å². The van der Waals surface area contributed by atoms with Gasteiger partial charge >= 0.3 is 0 Å². The van der Waals surface area contributed by atoms with Gasteiger partial charge < -0.3 is 15.4 Å². The van der Waals surface area contributed by atoms with Crippen molar-refractivity contribution in [2.75, 3.05) is 10.6 Å². The van der Waals surface area contributed by atoms with Gasteiger partial charge in [0, 0.05) is 23.9 Å². The fourth-order valence-electron chi connectivity index (χ4n) is 3.27. The van der Waals surface area contributed by atoms with E-state index in [-0.39, 0.29) is 24.0 Å². The van der Waals surface area contributed by atoms with Crippen LogP contribution in [-0.4, -0.2) is 23.2 Å². The molecule has 2 aromatic carbocycles. The van der Waals surface area contributed by atoms with Gasteiger partial charge in [0.2, 0.25) is 5.91 Å². The normalized spacial score (nSPS) is 14.6. The summed E-state index contributed by atoms with van der Waals surface area (Å²) in [6, 6.07) is 10.3. The molecular weight excluding hydrogens is 356 g/mol. The Labute approximate surface area is 164 Å². The summed E-state index contributed by atoms with van der Waals surface area (Å²) in [7, 11) is 0. The van der Waals surface area contributed by atoms with Gasteiger partial charge in [-0.05, 0) is 56.2 Å². The van der Waals surface area contributed by atoms with Crippen LogP contribution in [-0.2, 0) is 11.2 Å². The zero-order valence-electron chi connectivity index (χ0n) is 16.5. The second kappa shape index (κ2) is 7.46. The number of carbonyl (C=O) groups excluding carboxylic acids is 3. The van der Waals surface area contributed by atoms with E-state index in [9.17, 15) is 14.4 Å². The van der Waals surface area contributed by atoms with Gasteiger partial charge in [-0.1, -0.05) is 13.0 Å². The Morgan fingerprint density at radius 2 is 1.86 bits per heavy atom. The number of carbonyl (C=O) groups is 3. The Morgan fingerprint density at radius 3 is 2.54 bits per heavy atom. The van der Waals surface area contributed by atoms with Crippen molar-refractivity contribution < 1.29 is 19.1 Å². The Kier molecular flexibility index (Phi) is 5.23. The number of amides is 2. The molecule has 28 heavy (non-hydrogen) atoms. The van der Waals surface area contributed by atoms with Crippen LogP contribution in [0.3, 0.4) is 0 Å². The van der Waals surface area contributed by atoms with Crippen LogP contribution in [0, 0.1) is 0 Å². The van der Waals surface area contributed by atoms with Crippen LogP contribution in [0.25, 0.3) is 0 Å². The molecule has 3 rings (SSSR count). The van der Waals surface area contributed by atoms with Crippen molar-refractivity contribution in [3.63, 3.8) is 0 Å². The zero-order valence-corrected chi connectivity index (χ0v) is 16.5. The predicted octanol–water partition coefficient (Wildman–Crippen LogP) is 4.20. The summed E-state index contributed by atoms with van der Waals surface area (Å²) in [5.41, 5.74) is 2.43. The summed E-state index contributed by atoms with van der Waals surface area (Å²) >= 11 is 0. The quantitative estimate of drug-likeness (QED) is 0.832. The number of rotatable bonds is 4. The smallest absolute Gasteiger partial charge is 0.255 e. The summed E-state index contributed by atoms with van der Waals surface area (Å²) in [6.07, 6.45) is 0.991. The highest BCUT2D eigenvalue weighted by Crippen LogP contribution is 2.33. The molecule has 0 aromatic heterocycles. The monoisotopic (exact) mass is 380 g/mol. The van der Waals surface area contributed by atoms with Crippen LogP contribution >= 0.6 is 0 Å². The number of fused-ring (bicyclic) bond motifs is 1. The molecule has 0 saturated heterocycles. The highest BCUT2D eigenvalue weighted by molar-refractivity contribution is 6.08. The third-order valence-corrected chi connectivity index (χ3v) is 4.57. The van der Waals surface area contributed by atoms with E-state index in [1.807, 2.05) is 26.8 Å². The van der Waals surface area contributed by atoms with Gasteiger partial charge in [-0.15, -0.1) is 0 Å². The van der Waals surface area contributed by atoms with Crippen LogP contribution in [0.2, 0.25) is 0 Å². The molecule has 0 bridgehead atoms. The van der Waals surface area contributed by atoms with Crippen LogP contribution in [0.15, 0.2) is 36.4 Å². The molecule has 1 aliphatic rings. The lowest BCUT2D eigenvalue weighted by molar-refractivity contribution is -0.114. The largest absolute Gasteiger partial charge is 0.487 e. The summed E-state index contributed by atoms with van der Waals surface area (Å²) in [5, 5.41) is 5.60. The van der Waals surface area contributed by atoms with Gasteiger partial charge in [-0.3, -0.25) is 14.4 Å². The molecular formula is C22H24N2O4. The number of hydrogen-bond donors (Lipinski definition) is 2. The number of Topliss-reactive ketones (excluding diaryl/α,β-unsaturated/α-hetero) is 1. The Hall–Kier alpha value is -3.15. The molecule has 146 valence electrons. The van der Waals surface area contributed by atoms with Crippen LogP contribution < -0.4 is 15.4 Å². The summed E-state index contributed by atoms with van der Waals surface area (Å²) in [6.45, 7) is 7.14. The number of ketones is 1. The van der Waals surface area contributed by atoms with E-state index in [1.54, 1.807) is 30.3 Å². The maximum atomic E-state index is 12.8. The molecule has 0 atom stereocenters. The van der Waals surface area contributed by atoms with Gasteiger partial charge in [0.15, 0.2) is 5.78 Å². The molecule has 0 saturated carbocycles. The minimum absolute atomic E-state index is 0.0391. The SMILES string of the molecule is CCc1ccc(NC(C)=O)cc1NC(=O)c1ccc2c(c1)C(=O)CC(C)(C)O2. The van der Waals surface area contributed by atoms with E-state index in [0.29, 0.717) is 28.3 Å². The molecule has 2 amide bonds. The summed E-state index contributed by atoms with van der Waals surface area (Å²) in [4.78, 5) is 36.5. The van der Waals surface area contributed by atoms with Crippen molar-refractivity contribution >= 4 is 29.0 Å². The summed E-state index contributed by atoms with van der Waals surface area (Å²) in [5.74, 6) is -0.0461. The first-order chi connectivity index (χ1) is 13.2. The van der Waals surface area contributed by atoms with E-state index in [2.05, 4.69) is 10.6 Å². The van der Waals surface area contributed by atoms with Gasteiger partial charge in [0.25, 0.3) is 5.91 Å². The van der Waals surface area contributed by atoms with E-state index in [1.165, 1.54) is 6.92 Å². The fourth-order valence-corrected chi connectivity index (χ4v) is 3.27. The first-order valence-corrected chi connectivity index (χ1v) is 9.26. The van der Waals surface area contributed by atoms with Gasteiger partial charge in [-0.2, -0.15) is 0 Å². The molecule has 0 fully saturated rings. The minimum Gasteiger partial charge on any atom is -0.487 e. The lowest BCUT2D eigenvalue weighted by Gasteiger charge is -2.31. The van der Waals surface area contributed by atoms with Gasteiger partial charge in [-0.25, -0.2) is 0 Å².